The summed E-state index contributed by atoms with van der Waals surface area (Å²) in [5, 5.41) is 2.96. The molecular weight excluding hydrogens is 520 g/mol. The lowest BCUT2D eigenvalue weighted by Crippen LogP contribution is -2.61. The molecule has 3 fully saturated rings. The number of Topliss-reactive ketones (excluding diaryl/α,β-unsaturated/α-hetero) is 1. The summed E-state index contributed by atoms with van der Waals surface area (Å²) in [5.41, 5.74) is 5.37. The molecule has 7 heteroatoms. The number of hydrogen-bond acceptors (Lipinski definition) is 6. The van der Waals surface area contributed by atoms with Gasteiger partial charge in [-0.15, -0.1) is 18.3 Å². The molecule has 0 saturated heterocycles. The van der Waals surface area contributed by atoms with Crippen LogP contribution in [0.15, 0.2) is 12.7 Å². The second-order valence-electron chi connectivity index (χ2n) is 14.9. The summed E-state index contributed by atoms with van der Waals surface area (Å²) in [5.74, 6) is 1.37. The van der Waals surface area contributed by atoms with E-state index in [1.807, 2.05) is 27.7 Å². The Morgan fingerprint density at radius 1 is 1.20 bits per heavy atom. The molecule has 3 aliphatic rings. The average molecular weight is 577 g/mol. The molecule has 228 valence electrons. The molecule has 3 N–H and O–H groups in total. The molecule has 2 bridgehead atoms. The van der Waals surface area contributed by atoms with Crippen molar-refractivity contribution in [1.82, 2.24) is 5.32 Å². The third-order valence-corrected chi connectivity index (χ3v) is 12.9. The van der Waals surface area contributed by atoms with Crippen molar-refractivity contribution in [3.05, 3.63) is 12.7 Å². The molecule has 0 spiro atoms. The van der Waals surface area contributed by atoms with Gasteiger partial charge >= 0.3 is 5.97 Å². The van der Waals surface area contributed by atoms with E-state index in [0.29, 0.717) is 49.3 Å². The molecule has 0 aromatic carbocycles. The molecule has 3 rings (SSSR count). The Labute approximate surface area is 247 Å². The van der Waals surface area contributed by atoms with Gasteiger partial charge in [-0.3, -0.25) is 14.4 Å². The largest absolute Gasteiger partial charge is 0.461 e. The normalized spacial score (nSPS) is 38.7. The molecule has 0 aliphatic heterocycles. The van der Waals surface area contributed by atoms with Gasteiger partial charge in [0.15, 0.2) is 0 Å². The van der Waals surface area contributed by atoms with Gasteiger partial charge in [-0.2, -0.15) is 0 Å². The van der Waals surface area contributed by atoms with Crippen LogP contribution < -0.4 is 11.1 Å². The molecule has 0 aromatic heterocycles. The summed E-state index contributed by atoms with van der Waals surface area (Å²) in [4.78, 5) is 39.6. The summed E-state index contributed by atoms with van der Waals surface area (Å²) in [7, 11) is 0. The number of thioether (sulfide) groups is 1. The number of hydrogen-bond donors (Lipinski definition) is 2. The minimum atomic E-state index is -0.530. The lowest BCUT2D eigenvalue weighted by molar-refractivity contribution is -0.196. The summed E-state index contributed by atoms with van der Waals surface area (Å²) in [6.07, 6.45) is 6.70. The summed E-state index contributed by atoms with van der Waals surface area (Å²) >= 11 is 1.48. The van der Waals surface area contributed by atoms with Crippen LogP contribution in [0.4, 0.5) is 0 Å². The zero-order chi connectivity index (χ0) is 30.3. The van der Waals surface area contributed by atoms with Crippen LogP contribution in [-0.2, 0) is 19.1 Å². The van der Waals surface area contributed by atoms with E-state index >= 15 is 0 Å². The first-order chi connectivity index (χ1) is 18.4. The van der Waals surface area contributed by atoms with Crippen molar-refractivity contribution < 1.29 is 19.1 Å². The highest BCUT2D eigenvalue weighted by atomic mass is 32.2. The first kappa shape index (κ1) is 33.2. The van der Waals surface area contributed by atoms with Gasteiger partial charge in [0.25, 0.3) is 0 Å². The number of carbonyl (C=O) groups excluding carboxylic acids is 3. The number of nitrogens with one attached hydrogen (secondary N) is 1. The highest BCUT2D eigenvalue weighted by Crippen LogP contribution is 2.69. The van der Waals surface area contributed by atoms with E-state index in [4.69, 9.17) is 10.5 Å². The zero-order valence-electron chi connectivity index (χ0n) is 26.6. The molecule has 6 nitrogen and oxygen atoms in total. The third-order valence-electron chi connectivity index (χ3n) is 11.5. The van der Waals surface area contributed by atoms with Crippen LogP contribution in [0.3, 0.4) is 0 Å². The first-order valence-electron chi connectivity index (χ1n) is 15.5. The standard InChI is InChI=1S/C33H56N2O4S/c1-11-31(9)17-26(39-27(37)18-40-30(7,8)19-35-29(38)24(34)16-20(2)3)32(10)21(4)12-14-33(23(6)22(31)5)15-13-25(36)28(32)33/h11,20-24,26,28H,1,12-19,34H2,2-10H3,(H,35,38)/t21-,22?,23+,24?,26-,28+,31-,32+,33+/m1/s1. The van der Waals surface area contributed by atoms with E-state index in [9.17, 15) is 14.4 Å². The lowest BCUT2D eigenvalue weighted by Gasteiger charge is -2.62. The predicted molar refractivity (Wildman–Crippen MR) is 165 cm³/mol. The molecule has 3 aliphatic carbocycles. The molecule has 3 saturated carbocycles. The van der Waals surface area contributed by atoms with Gasteiger partial charge in [-0.05, 0) is 80.5 Å². The van der Waals surface area contributed by atoms with Crippen LogP contribution in [0.2, 0.25) is 0 Å². The van der Waals surface area contributed by atoms with Crippen molar-refractivity contribution in [2.75, 3.05) is 12.3 Å². The third kappa shape index (κ3) is 6.21. The van der Waals surface area contributed by atoms with Crippen LogP contribution in [0.25, 0.3) is 0 Å². The highest BCUT2D eigenvalue weighted by molar-refractivity contribution is 8.01. The second-order valence-corrected chi connectivity index (χ2v) is 16.6. The molecule has 0 radical (unpaired) electrons. The molecule has 2 unspecified atom stereocenters. The maximum atomic E-state index is 13.6. The van der Waals surface area contributed by atoms with Crippen LogP contribution in [0.1, 0.15) is 101 Å². The smallest absolute Gasteiger partial charge is 0.316 e. The van der Waals surface area contributed by atoms with E-state index in [-0.39, 0.29) is 51.1 Å². The Morgan fingerprint density at radius 2 is 1.85 bits per heavy atom. The van der Waals surface area contributed by atoms with E-state index < -0.39 is 11.5 Å². The van der Waals surface area contributed by atoms with Crippen LogP contribution >= 0.6 is 11.8 Å². The fourth-order valence-corrected chi connectivity index (χ4v) is 9.11. The number of esters is 1. The number of ketones is 1. The quantitative estimate of drug-likeness (QED) is 0.238. The van der Waals surface area contributed by atoms with Crippen molar-refractivity contribution in [3.8, 4) is 0 Å². The number of carbonyl (C=O) groups is 3. The van der Waals surface area contributed by atoms with E-state index in [2.05, 4.69) is 52.6 Å². The molecular formula is C33H56N2O4S. The predicted octanol–water partition coefficient (Wildman–Crippen LogP) is 6.17. The Bertz CT molecular complexity index is 981. The molecule has 9 atom stereocenters. The maximum absolute atomic E-state index is 13.6. The van der Waals surface area contributed by atoms with Gasteiger partial charge in [0, 0.05) is 29.0 Å². The minimum Gasteiger partial charge on any atom is -0.461 e. The van der Waals surface area contributed by atoms with Crippen LogP contribution in [-0.4, -0.2) is 46.9 Å². The Kier molecular flexibility index (Phi) is 10.0. The fraction of sp³-hybridized carbons (Fsp3) is 0.848. The summed E-state index contributed by atoms with van der Waals surface area (Å²) in [6.45, 7) is 24.2. The van der Waals surface area contributed by atoms with Gasteiger partial charge in [-0.25, -0.2) is 0 Å². The molecule has 40 heavy (non-hydrogen) atoms. The van der Waals surface area contributed by atoms with Gasteiger partial charge in [0.1, 0.15) is 11.9 Å². The van der Waals surface area contributed by atoms with Crippen LogP contribution in [0.5, 0.6) is 0 Å². The fourth-order valence-electron chi connectivity index (χ4n) is 8.36. The Balaban J connectivity index is 1.79. The van der Waals surface area contributed by atoms with Gasteiger partial charge in [0.2, 0.25) is 5.91 Å². The second kappa shape index (κ2) is 12.1. The Morgan fingerprint density at radius 3 is 2.45 bits per heavy atom. The van der Waals surface area contributed by atoms with Gasteiger partial charge in [0.05, 0.1) is 11.8 Å². The van der Waals surface area contributed by atoms with Crippen molar-refractivity contribution in [1.29, 1.82) is 0 Å². The molecule has 0 heterocycles. The number of amides is 1. The first-order valence-corrected chi connectivity index (χ1v) is 16.4. The summed E-state index contributed by atoms with van der Waals surface area (Å²) in [6, 6.07) is -0.530. The number of rotatable bonds is 10. The van der Waals surface area contributed by atoms with E-state index in [1.54, 1.807) is 0 Å². The van der Waals surface area contributed by atoms with Gasteiger partial charge in [-0.1, -0.05) is 54.5 Å². The van der Waals surface area contributed by atoms with Crippen molar-refractivity contribution >= 4 is 29.4 Å². The topological polar surface area (TPSA) is 98.5 Å². The van der Waals surface area contributed by atoms with E-state index in [1.165, 1.54) is 11.8 Å². The lowest BCUT2D eigenvalue weighted by atomic mass is 9.42. The minimum absolute atomic E-state index is 0.0432. The van der Waals surface area contributed by atoms with Crippen molar-refractivity contribution in [2.24, 2.45) is 51.6 Å². The maximum Gasteiger partial charge on any atom is 0.316 e. The zero-order valence-corrected chi connectivity index (χ0v) is 27.4. The molecule has 1 amide bonds. The van der Waals surface area contributed by atoms with E-state index in [0.717, 1.165) is 19.3 Å². The van der Waals surface area contributed by atoms with Gasteiger partial charge < -0.3 is 15.8 Å². The summed E-state index contributed by atoms with van der Waals surface area (Å²) < 4.78 is 6.09. The number of allylic oxidation sites excluding steroid dienone is 1. The monoisotopic (exact) mass is 576 g/mol. The van der Waals surface area contributed by atoms with Crippen LogP contribution in [0, 0.1) is 45.8 Å². The Hall–Kier alpha value is -1.34. The molecule has 0 aromatic rings. The van der Waals surface area contributed by atoms with Crippen molar-refractivity contribution in [3.63, 3.8) is 0 Å². The number of nitrogens with two attached hydrogens (primary N) is 1. The highest BCUT2D eigenvalue weighted by Gasteiger charge is 2.67. The SMILES string of the molecule is C=C[C@]1(C)C[C@@H](OC(=O)CSC(C)(C)CNC(=O)C(N)CC(C)C)[C@]2(C)[C@H](C)CC[C@]3(CCC(=O)[C@H]32)[C@@H](C)C1C. The number of ether oxygens (including phenoxy) is 1. The average Bonchev–Trinajstić information content (AvgIpc) is 3.24. The van der Waals surface area contributed by atoms with Crippen molar-refractivity contribution in [2.45, 2.75) is 118 Å².